The van der Waals surface area contributed by atoms with Crippen LogP contribution in [0, 0.1) is 24.4 Å². The van der Waals surface area contributed by atoms with Crippen LogP contribution >= 0.6 is 11.8 Å². The Morgan fingerprint density at radius 1 is 1.11 bits per heavy atom. The van der Waals surface area contributed by atoms with E-state index in [1.54, 1.807) is 6.92 Å². The molecule has 0 saturated carbocycles. The number of tetrazole rings is 1. The van der Waals surface area contributed by atoms with Crippen molar-refractivity contribution in [1.82, 2.24) is 20.2 Å². The number of aromatic nitrogens is 4. The van der Waals surface area contributed by atoms with E-state index in [2.05, 4.69) is 20.8 Å². The van der Waals surface area contributed by atoms with Gasteiger partial charge in [-0.1, -0.05) is 29.5 Å². The second kappa shape index (κ2) is 7.78. The third kappa shape index (κ3) is 4.11. The lowest BCUT2D eigenvalue weighted by Gasteiger charge is -2.12. The first-order valence-electron chi connectivity index (χ1n) is 7.83. The van der Waals surface area contributed by atoms with Crippen molar-refractivity contribution in [2.45, 2.75) is 24.3 Å². The number of nitrogens with one attached hydrogen (secondary N) is 1. The topological polar surface area (TPSA) is 72.7 Å². The van der Waals surface area contributed by atoms with Crippen LogP contribution < -0.4 is 5.32 Å². The third-order valence-electron chi connectivity index (χ3n) is 3.66. The van der Waals surface area contributed by atoms with Crippen LogP contribution in [0.1, 0.15) is 12.5 Å². The van der Waals surface area contributed by atoms with Crippen molar-refractivity contribution in [3.63, 3.8) is 0 Å². The van der Waals surface area contributed by atoms with E-state index in [1.165, 1.54) is 4.68 Å². The molecule has 2 aromatic carbocycles. The van der Waals surface area contributed by atoms with E-state index in [4.69, 9.17) is 0 Å². The summed E-state index contributed by atoms with van der Waals surface area (Å²) in [5.41, 5.74) is 1.35. The van der Waals surface area contributed by atoms with Gasteiger partial charge < -0.3 is 5.32 Å². The van der Waals surface area contributed by atoms with Gasteiger partial charge in [0.2, 0.25) is 11.1 Å². The molecule has 1 heterocycles. The molecule has 1 amide bonds. The van der Waals surface area contributed by atoms with Crippen LogP contribution in [0.3, 0.4) is 0 Å². The summed E-state index contributed by atoms with van der Waals surface area (Å²) in [4.78, 5) is 12.3. The number of halogens is 3. The summed E-state index contributed by atoms with van der Waals surface area (Å²) in [6, 6.07) is 9.15. The lowest BCUT2D eigenvalue weighted by atomic mass is 10.2. The number of carbonyl (C=O) groups is 1. The molecule has 0 saturated heterocycles. The molecule has 140 valence electrons. The molecule has 0 unspecified atom stereocenters. The van der Waals surface area contributed by atoms with E-state index in [0.717, 1.165) is 29.5 Å². The fraction of sp³-hybridized carbons (Fsp3) is 0.176. The fourth-order valence-corrected chi connectivity index (χ4v) is 2.98. The molecule has 10 heteroatoms. The van der Waals surface area contributed by atoms with E-state index < -0.39 is 34.3 Å². The van der Waals surface area contributed by atoms with Gasteiger partial charge in [-0.25, -0.2) is 13.2 Å². The van der Waals surface area contributed by atoms with Crippen LogP contribution in [-0.2, 0) is 4.79 Å². The van der Waals surface area contributed by atoms with Crippen LogP contribution in [-0.4, -0.2) is 31.4 Å². The summed E-state index contributed by atoms with van der Waals surface area (Å²) in [7, 11) is 0. The van der Waals surface area contributed by atoms with Crippen LogP contribution in [0.2, 0.25) is 0 Å². The number of nitrogens with zero attached hydrogens (tertiary/aromatic N) is 4. The molecule has 3 rings (SSSR count). The monoisotopic (exact) mass is 393 g/mol. The van der Waals surface area contributed by atoms with Gasteiger partial charge >= 0.3 is 0 Å². The molecular weight excluding hydrogens is 379 g/mol. The molecule has 3 aromatic rings. The molecule has 0 spiro atoms. The quantitative estimate of drug-likeness (QED) is 0.531. The molecule has 0 bridgehead atoms. The zero-order chi connectivity index (χ0) is 19.6. The number of hydrogen-bond donors (Lipinski definition) is 1. The molecule has 0 aliphatic carbocycles. The Hall–Kier alpha value is -2.88. The molecule has 0 aliphatic heterocycles. The zero-order valence-electron chi connectivity index (χ0n) is 14.3. The molecule has 0 fully saturated rings. The van der Waals surface area contributed by atoms with Gasteiger partial charge in [-0.15, -0.1) is 5.10 Å². The molecule has 1 aromatic heterocycles. The van der Waals surface area contributed by atoms with E-state index in [0.29, 0.717) is 10.8 Å². The predicted octanol–water partition coefficient (Wildman–Crippen LogP) is 3.51. The maximum atomic E-state index is 13.7. The van der Waals surface area contributed by atoms with Crippen LogP contribution in [0.4, 0.5) is 18.9 Å². The maximum absolute atomic E-state index is 13.7. The molecule has 6 nitrogen and oxygen atoms in total. The number of aryl methyl sites for hydroxylation is 1. The number of hydrogen-bond acceptors (Lipinski definition) is 5. The summed E-state index contributed by atoms with van der Waals surface area (Å²) >= 11 is 1.04. The van der Waals surface area contributed by atoms with Crippen molar-refractivity contribution < 1.29 is 18.0 Å². The standard InChI is InChI=1S/C17H14F3N5OS/c1-9-3-5-11(6-4-9)25-17(22-23-24-25)27-10(2)16(26)21-13-8-7-12(18)14(19)15(13)20/h3-8,10H,1-2H3,(H,21,26)/t10-/m0/s1. The largest absolute Gasteiger partial charge is 0.323 e. The minimum absolute atomic E-state index is 0.354. The summed E-state index contributed by atoms with van der Waals surface area (Å²) in [6.45, 7) is 3.51. The predicted molar refractivity (Wildman–Crippen MR) is 94.2 cm³/mol. The Labute approximate surface area is 156 Å². The third-order valence-corrected chi connectivity index (χ3v) is 4.70. The highest BCUT2D eigenvalue weighted by atomic mass is 32.2. The van der Waals surface area contributed by atoms with E-state index in [-0.39, 0.29) is 0 Å². The average Bonchev–Trinajstić information content (AvgIpc) is 3.10. The normalized spacial score (nSPS) is 12.0. The van der Waals surface area contributed by atoms with Crippen LogP contribution in [0.25, 0.3) is 5.69 Å². The Kier molecular flexibility index (Phi) is 5.45. The van der Waals surface area contributed by atoms with Crippen molar-refractivity contribution in [2.24, 2.45) is 0 Å². The molecule has 0 radical (unpaired) electrons. The van der Waals surface area contributed by atoms with Crippen molar-refractivity contribution in [3.05, 3.63) is 59.4 Å². The first kappa shape index (κ1) is 18.9. The lowest BCUT2D eigenvalue weighted by molar-refractivity contribution is -0.115. The summed E-state index contributed by atoms with van der Waals surface area (Å²) in [6.07, 6.45) is 0. The lowest BCUT2D eigenvalue weighted by Crippen LogP contribution is -2.23. The molecule has 27 heavy (non-hydrogen) atoms. The second-order valence-corrected chi connectivity index (χ2v) is 6.99. The minimum atomic E-state index is -1.64. The Morgan fingerprint density at radius 3 is 2.52 bits per heavy atom. The van der Waals surface area contributed by atoms with E-state index in [9.17, 15) is 18.0 Å². The van der Waals surface area contributed by atoms with Gasteiger partial charge in [0, 0.05) is 0 Å². The first-order chi connectivity index (χ1) is 12.9. The van der Waals surface area contributed by atoms with Gasteiger partial charge in [0.25, 0.3) is 0 Å². The van der Waals surface area contributed by atoms with Crippen LogP contribution in [0.5, 0.6) is 0 Å². The fourth-order valence-electron chi connectivity index (χ4n) is 2.17. The highest BCUT2D eigenvalue weighted by Crippen LogP contribution is 2.25. The van der Waals surface area contributed by atoms with Crippen molar-refractivity contribution in [2.75, 3.05) is 5.32 Å². The SMILES string of the molecule is Cc1ccc(-n2nnnc2S[C@@H](C)C(=O)Nc2ccc(F)c(F)c2F)cc1. The Bertz CT molecular complexity index is 977. The van der Waals surface area contributed by atoms with Gasteiger partial charge in [0.15, 0.2) is 17.5 Å². The number of carbonyl (C=O) groups excluding carboxylic acids is 1. The van der Waals surface area contributed by atoms with Crippen molar-refractivity contribution >= 4 is 23.4 Å². The number of rotatable bonds is 5. The van der Waals surface area contributed by atoms with Gasteiger partial charge in [-0.3, -0.25) is 4.79 Å². The summed E-state index contributed by atoms with van der Waals surface area (Å²) < 4.78 is 41.4. The maximum Gasteiger partial charge on any atom is 0.237 e. The van der Waals surface area contributed by atoms with Gasteiger partial charge in [0.05, 0.1) is 16.6 Å². The average molecular weight is 393 g/mol. The molecular formula is C17H14F3N5OS. The molecule has 1 N–H and O–H groups in total. The van der Waals surface area contributed by atoms with Gasteiger partial charge in [-0.2, -0.15) is 4.68 Å². The van der Waals surface area contributed by atoms with Crippen molar-refractivity contribution in [3.8, 4) is 5.69 Å². The number of anilines is 1. The smallest absolute Gasteiger partial charge is 0.237 e. The van der Waals surface area contributed by atoms with Gasteiger partial charge in [0.1, 0.15) is 0 Å². The number of benzene rings is 2. The summed E-state index contributed by atoms with van der Waals surface area (Å²) in [5.74, 6) is -5.03. The highest BCUT2D eigenvalue weighted by Gasteiger charge is 2.22. The van der Waals surface area contributed by atoms with E-state index >= 15 is 0 Å². The Morgan fingerprint density at radius 2 is 1.81 bits per heavy atom. The highest BCUT2D eigenvalue weighted by molar-refractivity contribution is 8.00. The first-order valence-corrected chi connectivity index (χ1v) is 8.71. The van der Waals surface area contributed by atoms with Crippen LogP contribution in [0.15, 0.2) is 41.6 Å². The van der Waals surface area contributed by atoms with Gasteiger partial charge in [-0.05, 0) is 48.5 Å². The van der Waals surface area contributed by atoms with Crippen molar-refractivity contribution in [1.29, 1.82) is 0 Å². The summed E-state index contributed by atoms with van der Waals surface area (Å²) in [5, 5.41) is 13.3. The Balaban J connectivity index is 1.74. The molecule has 0 aliphatic rings. The minimum Gasteiger partial charge on any atom is -0.323 e. The number of thioether (sulfide) groups is 1. The second-order valence-electron chi connectivity index (χ2n) is 5.68. The zero-order valence-corrected chi connectivity index (χ0v) is 15.1. The van der Waals surface area contributed by atoms with E-state index in [1.807, 2.05) is 31.2 Å². The molecule has 1 atom stereocenters. The number of amides is 1.